The van der Waals surface area contributed by atoms with Crippen molar-refractivity contribution in [2.45, 2.75) is 19.4 Å². The number of nitrogens with one attached hydrogen (secondary N) is 2. The molecule has 0 spiro atoms. The number of carbonyl (C=O) groups excluding carboxylic acids is 2. The summed E-state index contributed by atoms with van der Waals surface area (Å²) >= 11 is 0. The zero-order chi connectivity index (χ0) is 20.1. The van der Waals surface area contributed by atoms with Gasteiger partial charge in [0.25, 0.3) is 0 Å². The van der Waals surface area contributed by atoms with Gasteiger partial charge in [0.05, 0.1) is 25.3 Å². The Bertz CT molecular complexity index is 908. The smallest absolute Gasteiger partial charge is 0.338 e. The van der Waals surface area contributed by atoms with Crippen molar-refractivity contribution >= 4 is 12.0 Å². The van der Waals surface area contributed by atoms with Crippen molar-refractivity contribution in [1.82, 2.24) is 10.6 Å². The summed E-state index contributed by atoms with van der Waals surface area (Å²) in [6.07, 6.45) is 0.594. The maximum absolute atomic E-state index is 12.8. The van der Waals surface area contributed by atoms with Crippen LogP contribution in [0.4, 0.5) is 4.79 Å². The molecule has 0 radical (unpaired) electrons. The van der Waals surface area contributed by atoms with Crippen LogP contribution < -0.4 is 15.4 Å². The van der Waals surface area contributed by atoms with E-state index in [1.165, 1.54) is 13.2 Å². The van der Waals surface area contributed by atoms with E-state index >= 15 is 0 Å². The fourth-order valence-corrected chi connectivity index (χ4v) is 3.07. The molecule has 0 bridgehead atoms. The Morgan fingerprint density at radius 1 is 1.18 bits per heavy atom. The molecule has 7 nitrogen and oxygen atoms in total. The highest BCUT2D eigenvalue weighted by atomic mass is 16.5. The lowest BCUT2D eigenvalue weighted by Crippen LogP contribution is -2.45. The van der Waals surface area contributed by atoms with Crippen LogP contribution in [0.3, 0.4) is 0 Å². The van der Waals surface area contributed by atoms with Crippen molar-refractivity contribution in [2.75, 3.05) is 13.7 Å². The Morgan fingerprint density at radius 3 is 2.64 bits per heavy atom. The van der Waals surface area contributed by atoms with Gasteiger partial charge in [0.1, 0.15) is 0 Å². The number of methoxy groups -OCH3 is 1. The minimum absolute atomic E-state index is 0.0285. The predicted molar refractivity (Wildman–Crippen MR) is 103 cm³/mol. The zero-order valence-corrected chi connectivity index (χ0v) is 15.7. The number of aromatic hydroxyl groups is 1. The van der Waals surface area contributed by atoms with Crippen LogP contribution >= 0.6 is 0 Å². The minimum Gasteiger partial charge on any atom is -0.504 e. The Kier molecular flexibility index (Phi) is 5.84. The summed E-state index contributed by atoms with van der Waals surface area (Å²) in [5.41, 5.74) is 2.39. The number of rotatable bonds is 6. The number of hydrogen-bond donors (Lipinski definition) is 3. The van der Waals surface area contributed by atoms with Crippen LogP contribution in [-0.4, -0.2) is 30.8 Å². The molecule has 2 aromatic carbocycles. The zero-order valence-electron chi connectivity index (χ0n) is 15.7. The average molecular weight is 382 g/mol. The molecule has 0 saturated heterocycles. The number of allylic oxidation sites excluding steroid dienone is 1. The molecule has 1 aliphatic heterocycles. The monoisotopic (exact) mass is 382 g/mol. The van der Waals surface area contributed by atoms with Gasteiger partial charge in [0, 0.05) is 12.1 Å². The van der Waals surface area contributed by atoms with Gasteiger partial charge in [-0.1, -0.05) is 36.4 Å². The third kappa shape index (κ3) is 4.25. The van der Waals surface area contributed by atoms with E-state index in [-0.39, 0.29) is 18.1 Å². The van der Waals surface area contributed by atoms with Crippen molar-refractivity contribution in [3.63, 3.8) is 0 Å². The van der Waals surface area contributed by atoms with Gasteiger partial charge in [-0.2, -0.15) is 0 Å². The summed E-state index contributed by atoms with van der Waals surface area (Å²) in [4.78, 5) is 24.7. The quantitative estimate of drug-likeness (QED) is 0.668. The molecule has 28 heavy (non-hydrogen) atoms. The lowest BCUT2D eigenvalue weighted by molar-refractivity contribution is -0.139. The molecule has 1 aliphatic rings. The van der Waals surface area contributed by atoms with E-state index in [9.17, 15) is 14.7 Å². The Hall–Kier alpha value is -3.48. The fourth-order valence-electron chi connectivity index (χ4n) is 3.07. The van der Waals surface area contributed by atoms with E-state index < -0.39 is 18.0 Å². The van der Waals surface area contributed by atoms with Gasteiger partial charge in [-0.3, -0.25) is 0 Å². The van der Waals surface area contributed by atoms with Gasteiger partial charge < -0.3 is 25.2 Å². The highest BCUT2D eigenvalue weighted by Gasteiger charge is 2.32. The molecule has 0 saturated carbocycles. The van der Waals surface area contributed by atoms with E-state index in [0.29, 0.717) is 23.3 Å². The van der Waals surface area contributed by atoms with E-state index in [2.05, 4.69) is 10.6 Å². The fraction of sp³-hybridized carbons (Fsp3) is 0.238. The third-order valence-corrected chi connectivity index (χ3v) is 4.49. The second kappa shape index (κ2) is 8.47. The number of ether oxygens (including phenoxy) is 2. The molecule has 7 heteroatoms. The van der Waals surface area contributed by atoms with Crippen molar-refractivity contribution < 1.29 is 24.2 Å². The summed E-state index contributed by atoms with van der Waals surface area (Å²) in [6.45, 7) is 1.87. The van der Waals surface area contributed by atoms with E-state index in [1.807, 2.05) is 30.3 Å². The predicted octanol–water partition coefficient (Wildman–Crippen LogP) is 2.81. The number of phenolic OH excluding ortho intramolecular Hbond substituents is 1. The molecule has 0 aliphatic carbocycles. The number of esters is 1. The number of hydrogen-bond acceptors (Lipinski definition) is 5. The van der Waals surface area contributed by atoms with Crippen LogP contribution in [0.5, 0.6) is 11.5 Å². The summed E-state index contributed by atoms with van der Waals surface area (Å²) in [7, 11) is 1.43. The number of amides is 2. The van der Waals surface area contributed by atoms with Crippen LogP contribution in [0.15, 0.2) is 59.8 Å². The molecule has 0 fully saturated rings. The lowest BCUT2D eigenvalue weighted by atomic mass is 9.95. The van der Waals surface area contributed by atoms with Gasteiger partial charge in [-0.15, -0.1) is 0 Å². The first-order valence-electron chi connectivity index (χ1n) is 8.86. The van der Waals surface area contributed by atoms with E-state index in [1.54, 1.807) is 19.1 Å². The first-order valence-corrected chi connectivity index (χ1v) is 8.86. The van der Waals surface area contributed by atoms with Gasteiger partial charge >= 0.3 is 12.0 Å². The molecule has 0 unspecified atom stereocenters. The van der Waals surface area contributed by atoms with Crippen LogP contribution in [0.1, 0.15) is 24.1 Å². The highest BCUT2D eigenvalue weighted by Crippen LogP contribution is 2.33. The molecule has 0 aromatic heterocycles. The van der Waals surface area contributed by atoms with Crippen molar-refractivity contribution in [2.24, 2.45) is 0 Å². The maximum atomic E-state index is 12.8. The second-order valence-electron chi connectivity index (χ2n) is 6.37. The number of benzene rings is 2. The molecule has 1 heterocycles. The molecule has 1 atom stereocenters. The first-order chi connectivity index (χ1) is 13.5. The molecule has 3 N–H and O–H groups in total. The first kappa shape index (κ1) is 19.3. The molecular formula is C21H22N2O5. The summed E-state index contributed by atoms with van der Waals surface area (Å²) in [6, 6.07) is 13.2. The molecule has 2 aromatic rings. The van der Waals surface area contributed by atoms with Crippen LogP contribution in [0, 0.1) is 0 Å². The number of urea groups is 1. The van der Waals surface area contributed by atoms with Gasteiger partial charge in [-0.25, -0.2) is 9.59 Å². The average Bonchev–Trinajstić information content (AvgIpc) is 2.68. The van der Waals surface area contributed by atoms with Crippen LogP contribution in [0.2, 0.25) is 0 Å². The minimum atomic E-state index is -0.715. The summed E-state index contributed by atoms with van der Waals surface area (Å²) in [5, 5.41) is 15.1. The van der Waals surface area contributed by atoms with E-state index in [0.717, 1.165) is 5.56 Å². The Labute approximate surface area is 163 Å². The van der Waals surface area contributed by atoms with Gasteiger partial charge in [-0.05, 0) is 30.2 Å². The standard InChI is InChI=1S/C21H22N2O5/c1-13-18(20(25)28-11-10-14-6-4-3-5-7-14)19(23-21(26)22-13)15-8-9-16(24)17(12-15)27-2/h3-9,12,19,24H,10-11H2,1-2H3,(H2,22,23,26)/t19-/m0/s1. The summed E-state index contributed by atoms with van der Waals surface area (Å²) < 4.78 is 10.6. The lowest BCUT2D eigenvalue weighted by Gasteiger charge is -2.28. The highest BCUT2D eigenvalue weighted by molar-refractivity contribution is 5.95. The third-order valence-electron chi connectivity index (χ3n) is 4.49. The van der Waals surface area contributed by atoms with Gasteiger partial charge in [0.15, 0.2) is 11.5 Å². The van der Waals surface area contributed by atoms with Crippen molar-refractivity contribution in [3.8, 4) is 11.5 Å². The molecule has 146 valence electrons. The molecule has 3 rings (SSSR count). The SMILES string of the molecule is COc1cc([C@@H]2NC(=O)NC(C)=C2C(=O)OCCc2ccccc2)ccc1O. The summed E-state index contributed by atoms with van der Waals surface area (Å²) in [5.74, 6) is -0.295. The molecule has 2 amide bonds. The van der Waals surface area contributed by atoms with Crippen LogP contribution in [0.25, 0.3) is 0 Å². The maximum Gasteiger partial charge on any atom is 0.338 e. The second-order valence-corrected chi connectivity index (χ2v) is 6.37. The number of phenols is 1. The topological polar surface area (TPSA) is 96.9 Å². The number of carbonyl (C=O) groups is 2. The Balaban J connectivity index is 1.80. The van der Waals surface area contributed by atoms with Crippen molar-refractivity contribution in [1.29, 1.82) is 0 Å². The largest absolute Gasteiger partial charge is 0.504 e. The Morgan fingerprint density at radius 2 is 1.93 bits per heavy atom. The van der Waals surface area contributed by atoms with Crippen molar-refractivity contribution in [3.05, 3.63) is 70.9 Å². The normalized spacial score (nSPS) is 16.2. The van der Waals surface area contributed by atoms with E-state index in [4.69, 9.17) is 9.47 Å². The van der Waals surface area contributed by atoms with Gasteiger partial charge in [0.2, 0.25) is 0 Å². The van der Waals surface area contributed by atoms with Crippen LogP contribution in [-0.2, 0) is 16.0 Å². The molecular weight excluding hydrogens is 360 g/mol.